The molecule has 0 fully saturated rings. The van der Waals surface area contributed by atoms with E-state index in [0.717, 1.165) is 16.3 Å². The van der Waals surface area contributed by atoms with Gasteiger partial charge in [-0.05, 0) is 34.4 Å². The van der Waals surface area contributed by atoms with Gasteiger partial charge in [0.05, 0.1) is 16.3 Å². The third kappa shape index (κ3) is 1.86. The van der Waals surface area contributed by atoms with Crippen LogP contribution in [0.4, 0.5) is 0 Å². The maximum absolute atomic E-state index is 5.57. The molecule has 0 spiro atoms. The Morgan fingerprint density at radius 3 is 2.69 bits per heavy atom. The van der Waals surface area contributed by atoms with Crippen molar-refractivity contribution >= 4 is 27.5 Å². The van der Waals surface area contributed by atoms with E-state index >= 15 is 0 Å². The maximum Gasteiger partial charge on any atom is 0.153 e. The fourth-order valence-electron chi connectivity index (χ4n) is 1.43. The zero-order chi connectivity index (χ0) is 11.7. The van der Waals surface area contributed by atoms with Crippen molar-refractivity contribution in [2.75, 3.05) is 0 Å². The Labute approximate surface area is 104 Å². The van der Waals surface area contributed by atoms with Crippen molar-refractivity contribution in [3.05, 3.63) is 20.9 Å². The van der Waals surface area contributed by atoms with Crippen LogP contribution in [0, 0.1) is 6.92 Å². The quantitative estimate of drug-likeness (QED) is 0.625. The van der Waals surface area contributed by atoms with Crippen LogP contribution >= 0.6 is 27.5 Å². The number of aryl methyl sites for hydroxylation is 2. The lowest BCUT2D eigenvalue weighted by Gasteiger charge is -2.14. The molecule has 16 heavy (non-hydrogen) atoms. The third-order valence-electron chi connectivity index (χ3n) is 2.22. The summed E-state index contributed by atoms with van der Waals surface area (Å²) in [4.78, 5) is 0.952. The Balaban J connectivity index is 2.49. The highest BCUT2D eigenvalue weighted by Gasteiger charge is 2.24. The first-order valence-corrected chi connectivity index (χ1v) is 6.01. The van der Waals surface area contributed by atoms with Gasteiger partial charge >= 0.3 is 0 Å². The molecule has 1 atom stereocenters. The van der Waals surface area contributed by atoms with Crippen molar-refractivity contribution in [3.63, 3.8) is 0 Å². The molecule has 0 amide bonds. The van der Waals surface area contributed by atoms with Gasteiger partial charge < -0.3 is 0 Å². The summed E-state index contributed by atoms with van der Waals surface area (Å²) in [6.45, 7) is 1.89. The zero-order valence-corrected chi connectivity index (χ0v) is 11.1. The molecule has 1 unspecified atom stereocenters. The van der Waals surface area contributed by atoms with Crippen LogP contribution in [-0.2, 0) is 7.05 Å². The van der Waals surface area contributed by atoms with Gasteiger partial charge in [0.25, 0.3) is 0 Å². The number of nitrogens with zero attached hydrogens (tertiary/aromatic N) is 5. The number of halogens is 1. The molecule has 3 N–H and O–H groups in total. The molecule has 0 aliphatic rings. The summed E-state index contributed by atoms with van der Waals surface area (Å²) in [5.41, 5.74) is 4.42. The van der Waals surface area contributed by atoms with Crippen LogP contribution in [0.15, 0.2) is 4.60 Å². The minimum Gasteiger partial charge on any atom is -0.270 e. The van der Waals surface area contributed by atoms with Gasteiger partial charge in [0.15, 0.2) is 4.60 Å². The van der Waals surface area contributed by atoms with E-state index in [0.29, 0.717) is 4.60 Å². The molecule has 9 heteroatoms. The first-order chi connectivity index (χ1) is 7.65. The predicted octanol–water partition coefficient (Wildman–Crippen LogP) is 0.290. The number of hydrogen-bond donors (Lipinski definition) is 2. The minimum atomic E-state index is -0.214. The summed E-state index contributed by atoms with van der Waals surface area (Å²) in [6.07, 6.45) is 0. The summed E-state index contributed by atoms with van der Waals surface area (Å²) in [7, 11) is 1.81. The lowest BCUT2D eigenvalue weighted by atomic mass is 10.1. The highest BCUT2D eigenvalue weighted by molar-refractivity contribution is 9.10. The molecule has 2 aromatic rings. The van der Waals surface area contributed by atoms with Gasteiger partial charge in [-0.3, -0.25) is 5.84 Å². The van der Waals surface area contributed by atoms with Gasteiger partial charge in [0.1, 0.15) is 6.04 Å². The molecule has 0 bridgehead atoms. The van der Waals surface area contributed by atoms with Gasteiger partial charge in [-0.1, -0.05) is 9.70 Å². The molecular weight excluding hydrogens is 294 g/mol. The molecule has 86 valence electrons. The van der Waals surface area contributed by atoms with Gasteiger partial charge in [-0.2, -0.15) is 0 Å². The van der Waals surface area contributed by atoms with E-state index in [1.807, 2.05) is 6.92 Å². The fourth-order valence-corrected chi connectivity index (χ4v) is 2.69. The standard InChI is InChI=1S/C7H10BrN7S/c1-3-6(16-14-11-3)4(10-9)5-7(8)12-13-15(5)2/h4,10H,9H2,1-2H3. The smallest absolute Gasteiger partial charge is 0.153 e. The van der Waals surface area contributed by atoms with Crippen molar-refractivity contribution in [1.82, 2.24) is 30.0 Å². The molecule has 0 radical (unpaired) electrons. The summed E-state index contributed by atoms with van der Waals surface area (Å²) in [6, 6.07) is -0.214. The van der Waals surface area contributed by atoms with Gasteiger partial charge in [0.2, 0.25) is 0 Å². The highest BCUT2D eigenvalue weighted by atomic mass is 79.9. The van der Waals surface area contributed by atoms with Crippen LogP contribution in [0.5, 0.6) is 0 Å². The number of nitrogens with one attached hydrogen (secondary N) is 1. The molecule has 0 saturated carbocycles. The first kappa shape index (κ1) is 11.6. The fraction of sp³-hybridized carbons (Fsp3) is 0.429. The van der Waals surface area contributed by atoms with E-state index in [9.17, 15) is 0 Å². The Morgan fingerprint density at radius 1 is 1.50 bits per heavy atom. The molecule has 0 aliphatic carbocycles. The van der Waals surface area contributed by atoms with Crippen molar-refractivity contribution in [2.24, 2.45) is 12.9 Å². The number of hydrogen-bond acceptors (Lipinski definition) is 7. The Kier molecular flexibility index (Phi) is 3.28. The van der Waals surface area contributed by atoms with Crippen molar-refractivity contribution in [2.45, 2.75) is 13.0 Å². The van der Waals surface area contributed by atoms with Crippen LogP contribution in [0.3, 0.4) is 0 Å². The van der Waals surface area contributed by atoms with Crippen LogP contribution in [0.1, 0.15) is 22.3 Å². The maximum atomic E-state index is 5.57. The predicted molar refractivity (Wildman–Crippen MR) is 62.5 cm³/mol. The summed E-state index contributed by atoms with van der Waals surface area (Å²) < 4.78 is 6.21. The average molecular weight is 304 g/mol. The zero-order valence-electron chi connectivity index (χ0n) is 8.68. The molecule has 2 aromatic heterocycles. The SMILES string of the molecule is Cc1nnsc1C(NN)c1c(Br)nnn1C. The second kappa shape index (κ2) is 4.53. The van der Waals surface area contributed by atoms with Crippen LogP contribution < -0.4 is 11.3 Å². The van der Waals surface area contributed by atoms with E-state index in [2.05, 4.69) is 41.3 Å². The van der Waals surface area contributed by atoms with Crippen LogP contribution in [-0.4, -0.2) is 24.6 Å². The summed E-state index contributed by atoms with van der Waals surface area (Å²) in [5, 5.41) is 11.8. The van der Waals surface area contributed by atoms with Crippen molar-refractivity contribution in [1.29, 1.82) is 0 Å². The summed E-state index contributed by atoms with van der Waals surface area (Å²) >= 11 is 4.65. The summed E-state index contributed by atoms with van der Waals surface area (Å²) in [5.74, 6) is 5.57. The average Bonchev–Trinajstić information content (AvgIpc) is 2.80. The molecule has 7 nitrogen and oxygen atoms in total. The number of hydrazine groups is 1. The Hall–Kier alpha value is -0.900. The Morgan fingerprint density at radius 2 is 2.25 bits per heavy atom. The second-order valence-electron chi connectivity index (χ2n) is 3.21. The lowest BCUT2D eigenvalue weighted by molar-refractivity contribution is 0.573. The molecule has 0 aliphatic heterocycles. The van der Waals surface area contributed by atoms with Crippen LogP contribution in [0.2, 0.25) is 0 Å². The first-order valence-electron chi connectivity index (χ1n) is 4.45. The molecule has 0 saturated heterocycles. The van der Waals surface area contributed by atoms with E-state index in [-0.39, 0.29) is 6.04 Å². The van der Waals surface area contributed by atoms with Gasteiger partial charge in [0, 0.05) is 7.05 Å². The number of nitrogens with two attached hydrogens (primary N) is 1. The lowest BCUT2D eigenvalue weighted by Crippen LogP contribution is -2.30. The molecule has 0 aromatic carbocycles. The van der Waals surface area contributed by atoms with E-state index < -0.39 is 0 Å². The van der Waals surface area contributed by atoms with E-state index in [4.69, 9.17) is 5.84 Å². The van der Waals surface area contributed by atoms with E-state index in [1.165, 1.54) is 11.5 Å². The normalized spacial score (nSPS) is 13.0. The third-order valence-corrected chi connectivity index (χ3v) is 3.67. The number of rotatable bonds is 3. The molecule has 2 rings (SSSR count). The number of aromatic nitrogens is 5. The van der Waals surface area contributed by atoms with Crippen molar-refractivity contribution in [3.8, 4) is 0 Å². The highest BCUT2D eigenvalue weighted by Crippen LogP contribution is 2.29. The van der Waals surface area contributed by atoms with Gasteiger partial charge in [-0.25, -0.2) is 10.1 Å². The molecular formula is C7H10BrN7S. The van der Waals surface area contributed by atoms with Gasteiger partial charge in [-0.15, -0.1) is 10.2 Å². The second-order valence-corrected chi connectivity index (χ2v) is 4.75. The topological polar surface area (TPSA) is 94.5 Å². The Bertz CT molecular complexity index is 473. The largest absolute Gasteiger partial charge is 0.270 e. The molecule has 2 heterocycles. The minimum absolute atomic E-state index is 0.214. The monoisotopic (exact) mass is 303 g/mol. The van der Waals surface area contributed by atoms with E-state index in [1.54, 1.807) is 11.7 Å². The van der Waals surface area contributed by atoms with Crippen LogP contribution in [0.25, 0.3) is 0 Å². The van der Waals surface area contributed by atoms with Crippen molar-refractivity contribution < 1.29 is 0 Å².